The number of likely N-dealkylation sites (N-methyl/N-ethyl adjacent to an activating group) is 1. The van der Waals surface area contributed by atoms with Crippen LogP contribution in [0.2, 0.25) is 0 Å². The maximum absolute atomic E-state index is 3.35. The second-order valence-electron chi connectivity index (χ2n) is 5.18. The Kier molecular flexibility index (Phi) is 5.17. The molecule has 0 saturated carbocycles. The van der Waals surface area contributed by atoms with E-state index in [0.29, 0.717) is 0 Å². The van der Waals surface area contributed by atoms with E-state index < -0.39 is 0 Å². The topological polar surface area (TPSA) is 18.5 Å². The zero-order valence-electron chi connectivity index (χ0n) is 11.7. The minimum absolute atomic E-state index is 0.977. The molecule has 0 amide bonds. The van der Waals surface area contributed by atoms with E-state index in [-0.39, 0.29) is 0 Å². The summed E-state index contributed by atoms with van der Waals surface area (Å²) in [7, 11) is 2.20. The van der Waals surface area contributed by atoms with Gasteiger partial charge in [0.25, 0.3) is 0 Å². The summed E-state index contributed by atoms with van der Waals surface area (Å²) in [4.78, 5) is 4.94. The molecule has 18 heavy (non-hydrogen) atoms. The highest BCUT2D eigenvalue weighted by molar-refractivity contribution is 5.22. The van der Waals surface area contributed by atoms with E-state index in [2.05, 4.69) is 53.4 Å². The molecule has 2 rings (SSSR count). The lowest BCUT2D eigenvalue weighted by molar-refractivity contribution is 0.148. The van der Waals surface area contributed by atoms with E-state index in [0.717, 1.165) is 19.6 Å². The van der Waals surface area contributed by atoms with Crippen molar-refractivity contribution in [1.82, 2.24) is 15.1 Å². The monoisotopic (exact) mass is 247 g/mol. The first-order chi connectivity index (χ1) is 8.78. The van der Waals surface area contributed by atoms with Gasteiger partial charge in [-0.1, -0.05) is 31.2 Å². The molecule has 1 heterocycles. The fraction of sp³-hybridized carbons (Fsp3) is 0.600. The molecule has 100 valence electrons. The summed E-state index contributed by atoms with van der Waals surface area (Å²) < 4.78 is 0. The van der Waals surface area contributed by atoms with Crippen molar-refractivity contribution in [3.63, 3.8) is 0 Å². The average molecular weight is 247 g/mol. The van der Waals surface area contributed by atoms with Crippen LogP contribution in [0, 0.1) is 0 Å². The van der Waals surface area contributed by atoms with Gasteiger partial charge in [-0.05, 0) is 24.7 Å². The lowest BCUT2D eigenvalue weighted by atomic mass is 10.1. The predicted octanol–water partition coefficient (Wildman–Crippen LogP) is 1.54. The third-order valence-corrected chi connectivity index (χ3v) is 3.60. The average Bonchev–Trinajstić information content (AvgIpc) is 2.41. The highest BCUT2D eigenvalue weighted by Crippen LogP contribution is 2.09. The molecule has 0 aliphatic carbocycles. The summed E-state index contributed by atoms with van der Waals surface area (Å²) in [5.74, 6) is 0. The quantitative estimate of drug-likeness (QED) is 0.851. The molecular formula is C15H25N3. The zero-order valence-corrected chi connectivity index (χ0v) is 11.7. The second-order valence-corrected chi connectivity index (χ2v) is 5.18. The van der Waals surface area contributed by atoms with Crippen LogP contribution < -0.4 is 5.32 Å². The molecule has 3 nitrogen and oxygen atoms in total. The maximum Gasteiger partial charge on any atom is 0.0234 e. The SMILES string of the molecule is CCNCc1ccc(CN2CCN(C)CC2)cc1. The molecule has 0 atom stereocenters. The first-order valence-electron chi connectivity index (χ1n) is 6.97. The standard InChI is InChI=1S/C15H25N3/c1-3-16-12-14-4-6-15(7-5-14)13-18-10-8-17(2)9-11-18/h4-7,16H,3,8-13H2,1-2H3. The lowest BCUT2D eigenvalue weighted by Gasteiger charge is -2.32. The Labute approximate surface area is 111 Å². The third kappa shape index (κ3) is 4.09. The smallest absolute Gasteiger partial charge is 0.0234 e. The summed E-state index contributed by atoms with van der Waals surface area (Å²) in [6.07, 6.45) is 0. The van der Waals surface area contributed by atoms with Gasteiger partial charge in [0.05, 0.1) is 0 Å². The van der Waals surface area contributed by atoms with Crippen LogP contribution in [0.15, 0.2) is 24.3 Å². The van der Waals surface area contributed by atoms with Gasteiger partial charge in [0.1, 0.15) is 0 Å². The second kappa shape index (κ2) is 6.88. The highest BCUT2D eigenvalue weighted by Gasteiger charge is 2.13. The van der Waals surface area contributed by atoms with Crippen LogP contribution in [-0.2, 0) is 13.1 Å². The molecular weight excluding hydrogens is 222 g/mol. The van der Waals surface area contributed by atoms with E-state index in [1.807, 2.05) is 0 Å². The number of hydrogen-bond acceptors (Lipinski definition) is 3. The Morgan fingerprint density at radius 1 is 1.00 bits per heavy atom. The predicted molar refractivity (Wildman–Crippen MR) is 76.6 cm³/mol. The molecule has 0 spiro atoms. The van der Waals surface area contributed by atoms with Crippen molar-refractivity contribution in [1.29, 1.82) is 0 Å². The number of hydrogen-bond donors (Lipinski definition) is 1. The Hall–Kier alpha value is -0.900. The van der Waals surface area contributed by atoms with Crippen molar-refractivity contribution in [2.75, 3.05) is 39.8 Å². The van der Waals surface area contributed by atoms with Crippen molar-refractivity contribution in [3.05, 3.63) is 35.4 Å². The Morgan fingerprint density at radius 3 is 2.22 bits per heavy atom. The van der Waals surface area contributed by atoms with Gasteiger partial charge in [-0.25, -0.2) is 0 Å². The number of benzene rings is 1. The molecule has 1 aliphatic heterocycles. The van der Waals surface area contributed by atoms with Crippen LogP contribution in [0.4, 0.5) is 0 Å². The summed E-state index contributed by atoms with van der Waals surface area (Å²) in [6.45, 7) is 10.0. The molecule has 0 unspecified atom stereocenters. The van der Waals surface area contributed by atoms with Crippen molar-refractivity contribution in [3.8, 4) is 0 Å². The molecule has 1 aliphatic rings. The van der Waals surface area contributed by atoms with Crippen molar-refractivity contribution < 1.29 is 0 Å². The molecule has 1 fully saturated rings. The maximum atomic E-state index is 3.35. The number of nitrogens with zero attached hydrogens (tertiary/aromatic N) is 2. The Bertz CT molecular complexity index is 339. The van der Waals surface area contributed by atoms with Gasteiger partial charge in [-0.15, -0.1) is 0 Å². The number of nitrogens with one attached hydrogen (secondary N) is 1. The van der Waals surface area contributed by atoms with Gasteiger partial charge >= 0.3 is 0 Å². The molecule has 3 heteroatoms. The van der Waals surface area contributed by atoms with Gasteiger partial charge in [0.2, 0.25) is 0 Å². The van der Waals surface area contributed by atoms with Crippen molar-refractivity contribution >= 4 is 0 Å². The minimum atomic E-state index is 0.977. The molecule has 1 aromatic carbocycles. The van der Waals surface area contributed by atoms with Crippen LogP contribution in [0.3, 0.4) is 0 Å². The molecule has 0 bridgehead atoms. The molecule has 1 saturated heterocycles. The normalized spacial score (nSPS) is 18.1. The molecule has 0 radical (unpaired) electrons. The highest BCUT2D eigenvalue weighted by atomic mass is 15.2. The van der Waals surface area contributed by atoms with Crippen LogP contribution in [-0.4, -0.2) is 49.6 Å². The van der Waals surface area contributed by atoms with E-state index in [4.69, 9.17) is 0 Å². The van der Waals surface area contributed by atoms with Crippen LogP contribution in [0.1, 0.15) is 18.1 Å². The molecule has 0 aromatic heterocycles. The molecule has 1 N–H and O–H groups in total. The minimum Gasteiger partial charge on any atom is -0.313 e. The third-order valence-electron chi connectivity index (χ3n) is 3.60. The Balaban J connectivity index is 1.82. The van der Waals surface area contributed by atoms with Gasteiger partial charge in [-0.3, -0.25) is 4.90 Å². The lowest BCUT2D eigenvalue weighted by Crippen LogP contribution is -2.43. The van der Waals surface area contributed by atoms with E-state index in [9.17, 15) is 0 Å². The summed E-state index contributed by atoms with van der Waals surface area (Å²) in [5, 5.41) is 3.35. The summed E-state index contributed by atoms with van der Waals surface area (Å²) in [6, 6.07) is 9.03. The van der Waals surface area contributed by atoms with Gasteiger partial charge in [0, 0.05) is 39.3 Å². The van der Waals surface area contributed by atoms with Crippen LogP contribution >= 0.6 is 0 Å². The van der Waals surface area contributed by atoms with Gasteiger partial charge in [0.15, 0.2) is 0 Å². The van der Waals surface area contributed by atoms with E-state index in [1.165, 1.54) is 37.3 Å². The number of piperazine rings is 1. The zero-order chi connectivity index (χ0) is 12.8. The van der Waals surface area contributed by atoms with Crippen LogP contribution in [0.25, 0.3) is 0 Å². The molecule has 1 aromatic rings. The van der Waals surface area contributed by atoms with Gasteiger partial charge < -0.3 is 10.2 Å². The first-order valence-corrected chi connectivity index (χ1v) is 6.97. The van der Waals surface area contributed by atoms with E-state index >= 15 is 0 Å². The first kappa shape index (κ1) is 13.5. The Morgan fingerprint density at radius 2 is 1.61 bits per heavy atom. The van der Waals surface area contributed by atoms with Crippen LogP contribution in [0.5, 0.6) is 0 Å². The fourth-order valence-electron chi connectivity index (χ4n) is 2.30. The largest absolute Gasteiger partial charge is 0.313 e. The summed E-state index contributed by atoms with van der Waals surface area (Å²) >= 11 is 0. The van der Waals surface area contributed by atoms with Crippen molar-refractivity contribution in [2.45, 2.75) is 20.0 Å². The fourth-order valence-corrected chi connectivity index (χ4v) is 2.30. The number of rotatable bonds is 5. The van der Waals surface area contributed by atoms with E-state index in [1.54, 1.807) is 0 Å². The van der Waals surface area contributed by atoms with Gasteiger partial charge in [-0.2, -0.15) is 0 Å². The summed E-state index contributed by atoms with van der Waals surface area (Å²) in [5.41, 5.74) is 2.80. The van der Waals surface area contributed by atoms with Crippen molar-refractivity contribution in [2.24, 2.45) is 0 Å².